The van der Waals surface area contributed by atoms with E-state index in [1.807, 2.05) is 24.8 Å². The Morgan fingerprint density at radius 3 is 2.80 bits per heavy atom. The summed E-state index contributed by atoms with van der Waals surface area (Å²) in [5, 5.41) is 9.59. The first kappa shape index (κ1) is 11.0. The molecule has 1 aromatic carbocycles. The van der Waals surface area contributed by atoms with Gasteiger partial charge in [-0.1, -0.05) is 26.0 Å². The van der Waals surface area contributed by atoms with Crippen LogP contribution in [0.25, 0.3) is 0 Å². The fraction of sp³-hybridized carbons (Fsp3) is 0.538. The maximum Gasteiger partial charge on any atom is 0.0762 e. The van der Waals surface area contributed by atoms with Crippen LogP contribution in [0.2, 0.25) is 0 Å². The van der Waals surface area contributed by atoms with E-state index in [4.69, 9.17) is 0 Å². The molecule has 1 N–H and O–H groups in total. The van der Waals surface area contributed by atoms with E-state index in [1.165, 1.54) is 22.6 Å². The molecule has 0 aliphatic carbocycles. The van der Waals surface area contributed by atoms with Gasteiger partial charge < -0.3 is 5.11 Å². The molecule has 1 aliphatic heterocycles. The van der Waals surface area contributed by atoms with Crippen molar-refractivity contribution in [3.8, 4) is 0 Å². The molecule has 0 saturated heterocycles. The first-order chi connectivity index (χ1) is 7.00. The van der Waals surface area contributed by atoms with Gasteiger partial charge in [0.05, 0.1) is 6.10 Å². The predicted molar refractivity (Wildman–Crippen MR) is 65.4 cm³/mol. The number of hydrogen-bond acceptors (Lipinski definition) is 2. The zero-order valence-electron chi connectivity index (χ0n) is 9.58. The van der Waals surface area contributed by atoms with E-state index in [0.29, 0.717) is 0 Å². The molecule has 82 valence electrons. The van der Waals surface area contributed by atoms with Crippen molar-refractivity contribution in [1.29, 1.82) is 0 Å². The third-order valence-corrected chi connectivity index (χ3v) is 4.28. The minimum absolute atomic E-state index is 0.255. The van der Waals surface area contributed by atoms with Gasteiger partial charge in [-0.05, 0) is 41.7 Å². The summed E-state index contributed by atoms with van der Waals surface area (Å²) >= 11 is 1.93. The van der Waals surface area contributed by atoms with Crippen molar-refractivity contribution in [3.63, 3.8) is 0 Å². The Bertz CT molecular complexity index is 369. The quantitative estimate of drug-likeness (QED) is 0.784. The SMILES string of the molecule is C[C@@H](O)c1ccc2c(c1)C(C)(C)CCS2. The highest BCUT2D eigenvalue weighted by Gasteiger charge is 2.28. The summed E-state index contributed by atoms with van der Waals surface area (Å²) in [4.78, 5) is 1.38. The van der Waals surface area contributed by atoms with Gasteiger partial charge in [-0.25, -0.2) is 0 Å². The van der Waals surface area contributed by atoms with Gasteiger partial charge in [0.15, 0.2) is 0 Å². The van der Waals surface area contributed by atoms with Crippen LogP contribution in [0, 0.1) is 0 Å². The van der Waals surface area contributed by atoms with Gasteiger partial charge in [0.25, 0.3) is 0 Å². The Kier molecular flexibility index (Phi) is 2.82. The van der Waals surface area contributed by atoms with Crippen molar-refractivity contribution in [2.45, 2.75) is 43.6 Å². The number of benzene rings is 1. The van der Waals surface area contributed by atoms with Crippen LogP contribution in [-0.2, 0) is 5.41 Å². The molecule has 15 heavy (non-hydrogen) atoms. The fourth-order valence-electron chi connectivity index (χ4n) is 2.01. The van der Waals surface area contributed by atoms with Gasteiger partial charge >= 0.3 is 0 Å². The molecule has 0 bridgehead atoms. The normalized spacial score (nSPS) is 20.8. The number of aliphatic hydroxyl groups is 1. The summed E-state index contributed by atoms with van der Waals surface area (Å²) in [5.41, 5.74) is 2.69. The molecular weight excluding hydrogens is 204 g/mol. The average Bonchev–Trinajstić information content (AvgIpc) is 2.17. The second kappa shape index (κ2) is 3.84. The Morgan fingerprint density at radius 2 is 2.13 bits per heavy atom. The molecule has 2 heteroatoms. The smallest absolute Gasteiger partial charge is 0.0762 e. The first-order valence-corrected chi connectivity index (χ1v) is 6.44. The number of aliphatic hydroxyl groups excluding tert-OH is 1. The number of thioether (sulfide) groups is 1. The molecule has 0 radical (unpaired) electrons. The van der Waals surface area contributed by atoms with E-state index in [9.17, 15) is 5.11 Å². The molecule has 1 aliphatic rings. The molecule has 0 saturated carbocycles. The Labute approximate surface area is 95.9 Å². The van der Waals surface area contributed by atoms with Crippen LogP contribution in [0.5, 0.6) is 0 Å². The first-order valence-electron chi connectivity index (χ1n) is 5.46. The van der Waals surface area contributed by atoms with Gasteiger partial charge in [-0.2, -0.15) is 0 Å². The number of hydrogen-bond donors (Lipinski definition) is 1. The highest BCUT2D eigenvalue weighted by molar-refractivity contribution is 7.99. The molecule has 2 rings (SSSR count). The van der Waals surface area contributed by atoms with Crippen LogP contribution in [0.15, 0.2) is 23.1 Å². The summed E-state index contributed by atoms with van der Waals surface area (Å²) < 4.78 is 0. The molecule has 0 amide bonds. The molecule has 1 aromatic rings. The van der Waals surface area contributed by atoms with Gasteiger partial charge in [-0.3, -0.25) is 0 Å². The van der Waals surface area contributed by atoms with Gasteiger partial charge in [0, 0.05) is 4.90 Å². The van der Waals surface area contributed by atoms with Crippen LogP contribution in [0.3, 0.4) is 0 Å². The Morgan fingerprint density at radius 1 is 1.40 bits per heavy atom. The van der Waals surface area contributed by atoms with Crippen molar-refractivity contribution in [1.82, 2.24) is 0 Å². The molecule has 0 spiro atoms. The predicted octanol–water partition coefficient (Wildman–Crippen LogP) is 3.51. The van der Waals surface area contributed by atoms with Crippen molar-refractivity contribution in [2.75, 3.05) is 5.75 Å². The third-order valence-electron chi connectivity index (χ3n) is 3.20. The number of fused-ring (bicyclic) bond motifs is 1. The van der Waals surface area contributed by atoms with E-state index < -0.39 is 0 Å². The van der Waals surface area contributed by atoms with E-state index >= 15 is 0 Å². The lowest BCUT2D eigenvalue weighted by molar-refractivity contribution is 0.199. The number of rotatable bonds is 1. The van der Waals surface area contributed by atoms with Gasteiger partial charge in [0.2, 0.25) is 0 Å². The van der Waals surface area contributed by atoms with Crippen molar-refractivity contribution < 1.29 is 5.11 Å². The van der Waals surface area contributed by atoms with Crippen molar-refractivity contribution in [2.24, 2.45) is 0 Å². The lowest BCUT2D eigenvalue weighted by Gasteiger charge is -2.32. The van der Waals surface area contributed by atoms with Crippen LogP contribution < -0.4 is 0 Å². The summed E-state index contributed by atoms with van der Waals surface area (Å²) in [5.74, 6) is 1.20. The molecular formula is C13H18OS. The molecule has 1 heterocycles. The van der Waals surface area contributed by atoms with Crippen molar-refractivity contribution >= 4 is 11.8 Å². The molecule has 0 aromatic heterocycles. The fourth-order valence-corrected chi connectivity index (χ4v) is 3.50. The standard InChI is InChI=1S/C13H18OS/c1-9(14)10-4-5-12-11(8-10)13(2,3)6-7-15-12/h4-5,8-9,14H,6-7H2,1-3H3/t9-/m1/s1. The average molecular weight is 222 g/mol. The topological polar surface area (TPSA) is 20.2 Å². The van der Waals surface area contributed by atoms with E-state index in [-0.39, 0.29) is 11.5 Å². The summed E-state index contributed by atoms with van der Waals surface area (Å²) in [6.07, 6.45) is 0.853. The van der Waals surface area contributed by atoms with Gasteiger partial charge in [-0.15, -0.1) is 11.8 Å². The Balaban J connectivity index is 2.49. The lowest BCUT2D eigenvalue weighted by atomic mass is 9.81. The zero-order chi connectivity index (χ0) is 11.1. The monoisotopic (exact) mass is 222 g/mol. The minimum Gasteiger partial charge on any atom is -0.389 e. The molecule has 1 nitrogen and oxygen atoms in total. The summed E-state index contributed by atoms with van der Waals surface area (Å²) in [6.45, 7) is 6.40. The molecule has 1 atom stereocenters. The van der Waals surface area contributed by atoms with Crippen LogP contribution in [0.4, 0.5) is 0 Å². The maximum atomic E-state index is 9.59. The van der Waals surface area contributed by atoms with Crippen LogP contribution in [0.1, 0.15) is 44.4 Å². The maximum absolute atomic E-state index is 9.59. The van der Waals surface area contributed by atoms with Gasteiger partial charge in [0.1, 0.15) is 0 Å². The van der Waals surface area contributed by atoms with Crippen molar-refractivity contribution in [3.05, 3.63) is 29.3 Å². The second-order valence-electron chi connectivity index (χ2n) is 4.91. The van der Waals surface area contributed by atoms with Crippen LogP contribution in [-0.4, -0.2) is 10.9 Å². The van der Waals surface area contributed by atoms with E-state index in [0.717, 1.165) is 5.56 Å². The highest BCUT2D eigenvalue weighted by Crippen LogP contribution is 2.42. The summed E-state index contributed by atoms with van der Waals surface area (Å²) in [7, 11) is 0. The lowest BCUT2D eigenvalue weighted by Crippen LogP contribution is -2.23. The van der Waals surface area contributed by atoms with E-state index in [2.05, 4.69) is 26.0 Å². The van der Waals surface area contributed by atoms with Crippen LogP contribution >= 0.6 is 11.8 Å². The largest absolute Gasteiger partial charge is 0.389 e. The van der Waals surface area contributed by atoms with E-state index in [1.54, 1.807) is 0 Å². The zero-order valence-corrected chi connectivity index (χ0v) is 10.4. The Hall–Kier alpha value is -0.470. The molecule has 0 fully saturated rings. The highest BCUT2D eigenvalue weighted by atomic mass is 32.2. The second-order valence-corrected chi connectivity index (χ2v) is 6.05. The minimum atomic E-state index is -0.363. The summed E-state index contributed by atoms with van der Waals surface area (Å²) in [6, 6.07) is 6.37. The third kappa shape index (κ3) is 2.06. The molecule has 0 unspecified atom stereocenters.